The van der Waals surface area contributed by atoms with E-state index in [1.165, 1.54) is 12.8 Å². The van der Waals surface area contributed by atoms with Gasteiger partial charge in [-0.15, -0.1) is 0 Å². The molecule has 0 saturated heterocycles. The van der Waals surface area contributed by atoms with E-state index in [1.54, 1.807) is 0 Å². The minimum atomic E-state index is 1.23. The summed E-state index contributed by atoms with van der Waals surface area (Å²) in [6, 6.07) is 12.0. The SMILES string of the molecule is CC=CCCC.c1ccccc1. The van der Waals surface area contributed by atoms with E-state index in [4.69, 9.17) is 0 Å². The lowest BCUT2D eigenvalue weighted by Gasteiger charge is -1.76. The van der Waals surface area contributed by atoms with E-state index in [0.29, 0.717) is 0 Å². The molecular weight excluding hydrogens is 144 g/mol. The lowest BCUT2D eigenvalue weighted by molar-refractivity contribution is 0.957. The molecule has 0 heterocycles. The lowest BCUT2D eigenvalue weighted by atomic mass is 10.3. The van der Waals surface area contributed by atoms with Crippen LogP contribution in [0.2, 0.25) is 0 Å². The fourth-order valence-corrected chi connectivity index (χ4v) is 0.718. The van der Waals surface area contributed by atoms with Crippen molar-refractivity contribution in [3.8, 4) is 0 Å². The van der Waals surface area contributed by atoms with E-state index in [9.17, 15) is 0 Å². The van der Waals surface area contributed by atoms with Crippen molar-refractivity contribution in [2.45, 2.75) is 26.7 Å². The van der Waals surface area contributed by atoms with E-state index in [1.807, 2.05) is 36.4 Å². The second kappa shape index (κ2) is 9.96. The van der Waals surface area contributed by atoms with Crippen molar-refractivity contribution >= 4 is 0 Å². The molecule has 0 heteroatoms. The van der Waals surface area contributed by atoms with Crippen LogP contribution in [0.3, 0.4) is 0 Å². The van der Waals surface area contributed by atoms with Crippen LogP contribution in [0.5, 0.6) is 0 Å². The van der Waals surface area contributed by atoms with E-state index in [2.05, 4.69) is 26.0 Å². The molecule has 0 fully saturated rings. The highest BCUT2D eigenvalue weighted by atomic mass is 13.7. The first-order valence-electron chi connectivity index (χ1n) is 4.53. The molecule has 0 atom stereocenters. The molecular formula is C12H18. The van der Waals surface area contributed by atoms with Gasteiger partial charge in [0.2, 0.25) is 0 Å². The zero-order valence-corrected chi connectivity index (χ0v) is 8.03. The summed E-state index contributed by atoms with van der Waals surface area (Å²) < 4.78 is 0. The lowest BCUT2D eigenvalue weighted by Crippen LogP contribution is -1.55. The van der Waals surface area contributed by atoms with Gasteiger partial charge >= 0.3 is 0 Å². The number of rotatable bonds is 2. The maximum atomic E-state index is 2.18. The van der Waals surface area contributed by atoms with Crippen molar-refractivity contribution < 1.29 is 0 Å². The summed E-state index contributed by atoms with van der Waals surface area (Å²) in [5.74, 6) is 0. The van der Waals surface area contributed by atoms with Crippen molar-refractivity contribution in [3.05, 3.63) is 48.6 Å². The smallest absolute Gasteiger partial charge is 0.0353 e. The van der Waals surface area contributed by atoms with Crippen LogP contribution in [0.4, 0.5) is 0 Å². The Bertz CT molecular complexity index is 148. The number of benzene rings is 1. The highest BCUT2D eigenvalue weighted by Crippen LogP contribution is 1.85. The first kappa shape index (κ1) is 11.0. The Balaban J connectivity index is 0.000000202. The summed E-state index contributed by atoms with van der Waals surface area (Å²) in [6.07, 6.45) is 6.77. The summed E-state index contributed by atoms with van der Waals surface area (Å²) in [6.45, 7) is 4.23. The molecule has 0 bridgehead atoms. The monoisotopic (exact) mass is 162 g/mol. The van der Waals surface area contributed by atoms with Gasteiger partial charge in [-0.2, -0.15) is 0 Å². The molecule has 0 amide bonds. The predicted molar refractivity (Wildman–Crippen MR) is 56.2 cm³/mol. The third-order valence-corrected chi connectivity index (χ3v) is 1.36. The Labute approximate surface area is 75.9 Å². The van der Waals surface area contributed by atoms with Crippen LogP contribution in [-0.4, -0.2) is 0 Å². The molecule has 0 nitrogen and oxygen atoms in total. The second-order valence-electron chi connectivity index (χ2n) is 2.51. The molecule has 12 heavy (non-hydrogen) atoms. The Kier molecular flexibility index (Phi) is 9.10. The second-order valence-corrected chi connectivity index (χ2v) is 2.51. The minimum absolute atomic E-state index is 1.23. The molecule has 0 saturated carbocycles. The Morgan fingerprint density at radius 2 is 1.33 bits per heavy atom. The van der Waals surface area contributed by atoms with E-state index < -0.39 is 0 Å². The maximum absolute atomic E-state index is 2.18. The van der Waals surface area contributed by atoms with Gasteiger partial charge in [-0.1, -0.05) is 61.9 Å². The molecule has 0 radical (unpaired) electrons. The predicted octanol–water partition coefficient (Wildman–Crippen LogP) is 4.05. The topological polar surface area (TPSA) is 0 Å². The molecule has 0 spiro atoms. The Hall–Kier alpha value is -1.04. The van der Waals surface area contributed by atoms with Crippen molar-refractivity contribution in [3.63, 3.8) is 0 Å². The molecule has 0 aliphatic carbocycles. The van der Waals surface area contributed by atoms with Gasteiger partial charge in [0.1, 0.15) is 0 Å². The van der Waals surface area contributed by atoms with Gasteiger partial charge in [-0.3, -0.25) is 0 Å². The standard InChI is InChI=1S/C6H6.C6H12/c1-2-4-6-5-3-1;1-3-5-6-4-2/h1-6H;3,5H,4,6H2,1-2H3. The van der Waals surface area contributed by atoms with Crippen LogP contribution < -0.4 is 0 Å². The third-order valence-electron chi connectivity index (χ3n) is 1.36. The van der Waals surface area contributed by atoms with Crippen LogP contribution in [0, 0.1) is 0 Å². The van der Waals surface area contributed by atoms with Crippen molar-refractivity contribution in [2.75, 3.05) is 0 Å². The van der Waals surface area contributed by atoms with Gasteiger partial charge < -0.3 is 0 Å². The number of unbranched alkanes of at least 4 members (excludes halogenated alkanes) is 1. The number of allylic oxidation sites excluding steroid dienone is 2. The van der Waals surface area contributed by atoms with Gasteiger partial charge in [-0.25, -0.2) is 0 Å². The first-order chi connectivity index (χ1) is 5.91. The summed E-state index contributed by atoms with van der Waals surface area (Å²) in [4.78, 5) is 0. The van der Waals surface area contributed by atoms with Crippen LogP contribution in [0.25, 0.3) is 0 Å². The molecule has 1 rings (SSSR count). The van der Waals surface area contributed by atoms with Gasteiger partial charge in [0.05, 0.1) is 0 Å². The third kappa shape index (κ3) is 8.96. The van der Waals surface area contributed by atoms with Crippen molar-refractivity contribution in [2.24, 2.45) is 0 Å². The molecule has 0 unspecified atom stereocenters. The molecule has 1 aromatic carbocycles. The maximum Gasteiger partial charge on any atom is -0.0353 e. The van der Waals surface area contributed by atoms with Gasteiger partial charge in [0.15, 0.2) is 0 Å². The average molecular weight is 162 g/mol. The summed E-state index contributed by atoms with van der Waals surface area (Å²) in [5, 5.41) is 0. The average Bonchev–Trinajstić information content (AvgIpc) is 2.18. The summed E-state index contributed by atoms with van der Waals surface area (Å²) >= 11 is 0. The Morgan fingerprint density at radius 1 is 0.917 bits per heavy atom. The molecule has 0 N–H and O–H groups in total. The normalized spacial score (nSPS) is 9.17. The zero-order chi connectivity index (χ0) is 9.07. The molecule has 0 aliphatic rings. The highest BCUT2D eigenvalue weighted by molar-refractivity contribution is 4.99. The number of hydrogen-bond donors (Lipinski definition) is 0. The van der Waals surface area contributed by atoms with E-state index in [-0.39, 0.29) is 0 Å². The van der Waals surface area contributed by atoms with E-state index in [0.717, 1.165) is 0 Å². The molecule has 0 aliphatic heterocycles. The largest absolute Gasteiger partial charge is 0.0917 e. The Morgan fingerprint density at radius 3 is 1.50 bits per heavy atom. The molecule has 1 aromatic rings. The van der Waals surface area contributed by atoms with Crippen LogP contribution in [0.1, 0.15) is 26.7 Å². The summed E-state index contributed by atoms with van der Waals surface area (Å²) in [5.41, 5.74) is 0. The number of hydrogen-bond acceptors (Lipinski definition) is 0. The molecule has 66 valence electrons. The first-order valence-corrected chi connectivity index (χ1v) is 4.53. The van der Waals surface area contributed by atoms with Crippen LogP contribution in [-0.2, 0) is 0 Å². The van der Waals surface area contributed by atoms with E-state index >= 15 is 0 Å². The van der Waals surface area contributed by atoms with Crippen molar-refractivity contribution in [1.82, 2.24) is 0 Å². The van der Waals surface area contributed by atoms with Crippen molar-refractivity contribution in [1.29, 1.82) is 0 Å². The fourth-order valence-electron chi connectivity index (χ4n) is 0.718. The van der Waals surface area contributed by atoms with Gasteiger partial charge in [-0.05, 0) is 13.3 Å². The molecule has 0 aromatic heterocycles. The van der Waals surface area contributed by atoms with Gasteiger partial charge in [0.25, 0.3) is 0 Å². The van der Waals surface area contributed by atoms with Crippen LogP contribution >= 0.6 is 0 Å². The fraction of sp³-hybridized carbons (Fsp3) is 0.333. The minimum Gasteiger partial charge on any atom is -0.0917 e. The summed E-state index contributed by atoms with van der Waals surface area (Å²) in [7, 11) is 0. The quantitative estimate of drug-likeness (QED) is 0.575. The highest BCUT2D eigenvalue weighted by Gasteiger charge is 1.64. The zero-order valence-electron chi connectivity index (χ0n) is 8.03. The van der Waals surface area contributed by atoms with Crippen LogP contribution in [0.15, 0.2) is 48.6 Å². The van der Waals surface area contributed by atoms with Gasteiger partial charge in [0, 0.05) is 0 Å².